The van der Waals surface area contributed by atoms with Gasteiger partial charge in [-0.2, -0.15) is 0 Å². The number of ether oxygens (including phenoxy) is 3. The molecule has 2 bridgehead atoms. The van der Waals surface area contributed by atoms with Crippen LogP contribution in [0.5, 0.6) is 0 Å². The number of hydrogen-bond donors (Lipinski definition) is 0. The van der Waals surface area contributed by atoms with Crippen molar-refractivity contribution < 1.29 is 18.6 Å². The average Bonchev–Trinajstić information content (AvgIpc) is 3.01. The molecule has 0 radical (unpaired) electrons. The Hall–Kier alpha value is -1.23. The van der Waals surface area contributed by atoms with Crippen LogP contribution in [0.3, 0.4) is 0 Å². The van der Waals surface area contributed by atoms with Gasteiger partial charge in [0.05, 0.1) is 31.0 Å². The third kappa shape index (κ3) is 2.92. The van der Waals surface area contributed by atoms with Gasteiger partial charge in [0.2, 0.25) is 0 Å². The molecule has 3 nitrogen and oxygen atoms in total. The van der Waals surface area contributed by atoms with Crippen molar-refractivity contribution in [2.24, 2.45) is 5.92 Å². The standard InChI is InChI=1S/C20H27FO3/c1-5-10-22-18-11-19(4)17(12-20(18,24-19)14(2)3)23-13-15-8-6-7-9-16(15)21/h5-9,14,17-18H,1,10-13H2,2-4H3/t17-,18+,19+,20-/m1/s1. The Morgan fingerprint density at radius 2 is 2.04 bits per heavy atom. The second-order valence-corrected chi connectivity index (χ2v) is 7.43. The maximum Gasteiger partial charge on any atom is 0.128 e. The van der Waals surface area contributed by atoms with E-state index in [2.05, 4.69) is 27.4 Å². The molecule has 2 aliphatic rings. The van der Waals surface area contributed by atoms with Gasteiger partial charge < -0.3 is 14.2 Å². The van der Waals surface area contributed by atoms with Gasteiger partial charge in [0, 0.05) is 18.4 Å². The summed E-state index contributed by atoms with van der Waals surface area (Å²) in [6.45, 7) is 10.9. The van der Waals surface area contributed by atoms with Crippen molar-refractivity contribution in [3.63, 3.8) is 0 Å². The molecule has 2 aliphatic heterocycles. The highest BCUT2D eigenvalue weighted by Gasteiger charge is 2.66. The lowest BCUT2D eigenvalue weighted by Crippen LogP contribution is -2.48. The number of rotatable bonds is 7. The van der Waals surface area contributed by atoms with Crippen molar-refractivity contribution in [1.29, 1.82) is 0 Å². The lowest BCUT2D eigenvalue weighted by Gasteiger charge is -2.38. The minimum absolute atomic E-state index is 0.0498. The Bertz CT molecular complexity index is 602. The molecule has 0 N–H and O–H groups in total. The van der Waals surface area contributed by atoms with Crippen LogP contribution in [0.4, 0.5) is 4.39 Å². The second-order valence-electron chi connectivity index (χ2n) is 7.43. The van der Waals surface area contributed by atoms with Gasteiger partial charge in [0.1, 0.15) is 11.4 Å². The molecule has 1 aromatic carbocycles. The minimum atomic E-state index is -0.388. The van der Waals surface area contributed by atoms with Crippen LogP contribution in [0.15, 0.2) is 36.9 Å². The van der Waals surface area contributed by atoms with Gasteiger partial charge in [-0.15, -0.1) is 6.58 Å². The van der Waals surface area contributed by atoms with E-state index < -0.39 is 0 Å². The fourth-order valence-electron chi connectivity index (χ4n) is 4.11. The van der Waals surface area contributed by atoms with Crippen molar-refractivity contribution in [2.45, 2.75) is 63.6 Å². The first-order valence-corrected chi connectivity index (χ1v) is 8.69. The zero-order chi connectivity index (χ0) is 17.4. The van der Waals surface area contributed by atoms with Gasteiger partial charge in [0.25, 0.3) is 0 Å². The Kier molecular flexibility index (Phi) is 4.82. The summed E-state index contributed by atoms with van der Waals surface area (Å²) in [4.78, 5) is 0. The van der Waals surface area contributed by atoms with E-state index in [0.29, 0.717) is 18.1 Å². The molecule has 24 heavy (non-hydrogen) atoms. The predicted molar refractivity (Wildman–Crippen MR) is 91.2 cm³/mol. The fourth-order valence-corrected chi connectivity index (χ4v) is 4.11. The molecule has 2 fully saturated rings. The summed E-state index contributed by atoms with van der Waals surface area (Å²) in [5.41, 5.74) is -0.138. The van der Waals surface area contributed by atoms with E-state index in [1.165, 1.54) is 6.07 Å². The van der Waals surface area contributed by atoms with E-state index in [9.17, 15) is 4.39 Å². The molecule has 0 aliphatic carbocycles. The van der Waals surface area contributed by atoms with Crippen LogP contribution in [0, 0.1) is 11.7 Å². The van der Waals surface area contributed by atoms with Gasteiger partial charge >= 0.3 is 0 Å². The fraction of sp³-hybridized carbons (Fsp3) is 0.600. The summed E-state index contributed by atoms with van der Waals surface area (Å²) >= 11 is 0. The summed E-state index contributed by atoms with van der Waals surface area (Å²) < 4.78 is 32.4. The number of hydrogen-bond acceptors (Lipinski definition) is 3. The van der Waals surface area contributed by atoms with Crippen molar-refractivity contribution in [1.82, 2.24) is 0 Å². The normalized spacial score (nSPS) is 34.9. The molecule has 4 atom stereocenters. The van der Waals surface area contributed by atoms with E-state index in [1.807, 2.05) is 6.07 Å². The monoisotopic (exact) mass is 334 g/mol. The highest BCUT2D eigenvalue weighted by Crippen LogP contribution is 2.56. The van der Waals surface area contributed by atoms with Gasteiger partial charge in [-0.25, -0.2) is 4.39 Å². The SMILES string of the molecule is C=CCO[C@H]1C[C@]2(C)O[C@@]1(C(C)C)C[C@H]2OCc1ccccc1F. The molecule has 0 saturated carbocycles. The summed E-state index contributed by atoms with van der Waals surface area (Å²) in [6.07, 6.45) is 3.34. The predicted octanol–water partition coefficient (Wildman–Crippen LogP) is 4.26. The molecule has 0 unspecified atom stereocenters. The van der Waals surface area contributed by atoms with Crippen molar-refractivity contribution in [3.05, 3.63) is 48.3 Å². The number of benzene rings is 1. The molecule has 3 rings (SSSR count). The van der Waals surface area contributed by atoms with Crippen LogP contribution < -0.4 is 0 Å². The Morgan fingerprint density at radius 1 is 1.29 bits per heavy atom. The van der Waals surface area contributed by atoms with E-state index in [0.717, 1.165) is 12.8 Å². The third-order valence-corrected chi connectivity index (χ3v) is 5.53. The molecule has 1 aromatic rings. The summed E-state index contributed by atoms with van der Waals surface area (Å²) in [6, 6.07) is 6.75. The molecule has 0 amide bonds. The molecule has 4 heteroatoms. The van der Waals surface area contributed by atoms with Crippen LogP contribution in [0.2, 0.25) is 0 Å². The smallest absolute Gasteiger partial charge is 0.128 e. The Labute approximate surface area is 143 Å². The average molecular weight is 334 g/mol. The van der Waals surface area contributed by atoms with Gasteiger partial charge in [-0.05, 0) is 18.9 Å². The lowest BCUT2D eigenvalue weighted by atomic mass is 9.73. The van der Waals surface area contributed by atoms with Crippen molar-refractivity contribution in [3.8, 4) is 0 Å². The highest BCUT2D eigenvalue weighted by molar-refractivity contribution is 5.18. The highest BCUT2D eigenvalue weighted by atomic mass is 19.1. The summed E-state index contributed by atoms with van der Waals surface area (Å²) in [7, 11) is 0. The van der Waals surface area contributed by atoms with Crippen molar-refractivity contribution in [2.75, 3.05) is 6.61 Å². The van der Waals surface area contributed by atoms with E-state index in [4.69, 9.17) is 14.2 Å². The Balaban J connectivity index is 1.72. The first-order chi connectivity index (χ1) is 11.4. The molecule has 132 valence electrons. The van der Waals surface area contributed by atoms with E-state index >= 15 is 0 Å². The first-order valence-electron chi connectivity index (χ1n) is 8.69. The first kappa shape index (κ1) is 17.6. The molecule has 2 saturated heterocycles. The maximum absolute atomic E-state index is 13.8. The quantitative estimate of drug-likeness (QED) is 0.697. The minimum Gasteiger partial charge on any atom is -0.371 e. The van der Waals surface area contributed by atoms with Gasteiger partial charge in [0.15, 0.2) is 0 Å². The molecule has 0 aromatic heterocycles. The Morgan fingerprint density at radius 3 is 2.71 bits per heavy atom. The molecule has 2 heterocycles. The lowest BCUT2D eigenvalue weighted by molar-refractivity contribution is -0.115. The molecule has 0 spiro atoms. The van der Waals surface area contributed by atoms with Crippen LogP contribution >= 0.6 is 0 Å². The van der Waals surface area contributed by atoms with E-state index in [1.54, 1.807) is 18.2 Å². The molecular weight excluding hydrogens is 307 g/mol. The van der Waals surface area contributed by atoms with Crippen LogP contribution in [-0.4, -0.2) is 30.0 Å². The topological polar surface area (TPSA) is 27.7 Å². The zero-order valence-electron chi connectivity index (χ0n) is 14.8. The number of halogens is 1. The third-order valence-electron chi connectivity index (χ3n) is 5.53. The summed E-state index contributed by atoms with van der Waals surface area (Å²) in [5, 5.41) is 0. The van der Waals surface area contributed by atoms with E-state index in [-0.39, 0.29) is 35.8 Å². The number of fused-ring (bicyclic) bond motifs is 2. The largest absolute Gasteiger partial charge is 0.371 e. The van der Waals surface area contributed by atoms with Crippen LogP contribution in [0.25, 0.3) is 0 Å². The van der Waals surface area contributed by atoms with Crippen molar-refractivity contribution >= 4 is 0 Å². The maximum atomic E-state index is 13.8. The van der Waals surface area contributed by atoms with Crippen LogP contribution in [-0.2, 0) is 20.8 Å². The van der Waals surface area contributed by atoms with Gasteiger partial charge in [-0.3, -0.25) is 0 Å². The zero-order valence-corrected chi connectivity index (χ0v) is 14.8. The molecular formula is C20H27FO3. The van der Waals surface area contributed by atoms with Gasteiger partial charge in [-0.1, -0.05) is 38.1 Å². The second kappa shape index (κ2) is 6.58. The van der Waals surface area contributed by atoms with Crippen LogP contribution in [0.1, 0.15) is 39.2 Å². The summed E-state index contributed by atoms with van der Waals surface area (Å²) in [5.74, 6) is 0.0914.